The van der Waals surface area contributed by atoms with Crippen molar-refractivity contribution in [3.05, 3.63) is 54.1 Å². The van der Waals surface area contributed by atoms with Crippen molar-refractivity contribution in [2.75, 3.05) is 18.9 Å². The van der Waals surface area contributed by atoms with E-state index in [1.165, 1.54) is 0 Å². The third-order valence-electron chi connectivity index (χ3n) is 3.19. The van der Waals surface area contributed by atoms with Crippen LogP contribution in [-0.4, -0.2) is 19.5 Å². The molecule has 2 N–H and O–H groups in total. The molecule has 0 bridgehead atoms. The van der Waals surface area contributed by atoms with E-state index < -0.39 is 0 Å². The Kier molecular flexibility index (Phi) is 5.98. The number of rotatable bonds is 7. The summed E-state index contributed by atoms with van der Waals surface area (Å²) in [6, 6.07) is 15.3. The molecule has 4 nitrogen and oxygen atoms in total. The Morgan fingerprint density at radius 1 is 1.09 bits per heavy atom. The van der Waals surface area contributed by atoms with Crippen LogP contribution in [0.15, 0.2) is 48.5 Å². The zero-order valence-electron chi connectivity index (χ0n) is 13.1. The fraction of sp³-hybridized carbons (Fsp3) is 0.278. The molecule has 2 rings (SSSR count). The van der Waals surface area contributed by atoms with Crippen LogP contribution < -0.4 is 15.4 Å². The molecule has 2 aromatic carbocycles. The lowest BCUT2D eigenvalue weighted by Crippen LogP contribution is -2.15. The highest BCUT2D eigenvalue weighted by Gasteiger charge is 2.03. The minimum atomic E-state index is 0.0302. The summed E-state index contributed by atoms with van der Waals surface area (Å²) in [6.45, 7) is 2.87. The summed E-state index contributed by atoms with van der Waals surface area (Å²) in [4.78, 5) is 11.7. The number of aryl methyl sites for hydroxylation is 1. The van der Waals surface area contributed by atoms with Gasteiger partial charge in [-0.1, -0.05) is 12.1 Å². The molecule has 0 unspecified atom stereocenters. The predicted octanol–water partition coefficient (Wildman–Crippen LogP) is 3.73. The van der Waals surface area contributed by atoms with Gasteiger partial charge < -0.3 is 15.4 Å². The number of carbonyl (C=O) groups is 1. The summed E-state index contributed by atoms with van der Waals surface area (Å²) < 4.78 is 5.78. The monoisotopic (exact) mass is 298 g/mol. The molecule has 1 amide bonds. The van der Waals surface area contributed by atoms with E-state index in [1.807, 2.05) is 62.5 Å². The standard InChI is InChI=1S/C18H22N2O2/c1-14-5-3-6-17(13-14)22-16-10-8-15(9-11-16)20-18(21)7-4-12-19-2/h3,5-6,8-11,13,19H,4,7,12H2,1-2H3,(H,20,21). The molecule has 0 radical (unpaired) electrons. The molecule has 0 saturated carbocycles. The van der Waals surface area contributed by atoms with Crippen LogP contribution in [0.5, 0.6) is 11.5 Å². The van der Waals surface area contributed by atoms with Gasteiger partial charge in [-0.2, -0.15) is 0 Å². The highest BCUT2D eigenvalue weighted by Crippen LogP contribution is 2.23. The number of amides is 1. The molecule has 22 heavy (non-hydrogen) atoms. The second-order valence-electron chi connectivity index (χ2n) is 5.20. The zero-order chi connectivity index (χ0) is 15.8. The summed E-state index contributed by atoms with van der Waals surface area (Å²) in [5.74, 6) is 1.59. The van der Waals surface area contributed by atoms with Gasteiger partial charge in [-0.15, -0.1) is 0 Å². The number of anilines is 1. The second-order valence-corrected chi connectivity index (χ2v) is 5.20. The Morgan fingerprint density at radius 3 is 2.55 bits per heavy atom. The van der Waals surface area contributed by atoms with Crippen LogP contribution >= 0.6 is 0 Å². The maximum atomic E-state index is 11.7. The van der Waals surface area contributed by atoms with Crippen LogP contribution in [0.25, 0.3) is 0 Å². The Hall–Kier alpha value is -2.33. The van der Waals surface area contributed by atoms with Gasteiger partial charge in [0.15, 0.2) is 0 Å². The van der Waals surface area contributed by atoms with Gasteiger partial charge in [0.05, 0.1) is 0 Å². The molecule has 0 spiro atoms. The maximum absolute atomic E-state index is 11.7. The highest BCUT2D eigenvalue weighted by atomic mass is 16.5. The summed E-state index contributed by atoms with van der Waals surface area (Å²) in [5, 5.41) is 5.90. The van der Waals surface area contributed by atoms with Crippen molar-refractivity contribution in [1.82, 2.24) is 5.32 Å². The molecule has 0 saturated heterocycles. The third-order valence-corrected chi connectivity index (χ3v) is 3.19. The van der Waals surface area contributed by atoms with Crippen molar-refractivity contribution in [2.24, 2.45) is 0 Å². The Labute approximate surface area is 131 Å². The molecule has 0 aromatic heterocycles. The topological polar surface area (TPSA) is 50.4 Å². The Morgan fingerprint density at radius 2 is 1.86 bits per heavy atom. The lowest BCUT2D eigenvalue weighted by Gasteiger charge is -2.08. The molecule has 0 aliphatic heterocycles. The quantitative estimate of drug-likeness (QED) is 0.766. The van der Waals surface area contributed by atoms with E-state index in [0.717, 1.165) is 35.7 Å². The Bertz CT molecular complexity index is 609. The maximum Gasteiger partial charge on any atom is 0.224 e. The summed E-state index contributed by atoms with van der Waals surface area (Å²) in [5.41, 5.74) is 1.94. The van der Waals surface area contributed by atoms with Gasteiger partial charge in [-0.3, -0.25) is 4.79 Å². The average molecular weight is 298 g/mol. The molecule has 0 aliphatic carbocycles. The van der Waals surface area contributed by atoms with E-state index in [2.05, 4.69) is 10.6 Å². The smallest absolute Gasteiger partial charge is 0.224 e. The van der Waals surface area contributed by atoms with E-state index in [1.54, 1.807) is 0 Å². The van der Waals surface area contributed by atoms with Crippen LogP contribution in [0.1, 0.15) is 18.4 Å². The van der Waals surface area contributed by atoms with E-state index in [0.29, 0.717) is 6.42 Å². The van der Waals surface area contributed by atoms with Crippen molar-refractivity contribution in [2.45, 2.75) is 19.8 Å². The second kappa shape index (κ2) is 8.20. The zero-order valence-corrected chi connectivity index (χ0v) is 13.1. The van der Waals surface area contributed by atoms with Gasteiger partial charge in [0.25, 0.3) is 0 Å². The number of carbonyl (C=O) groups excluding carboxylic acids is 1. The number of hydrogen-bond acceptors (Lipinski definition) is 3. The number of hydrogen-bond donors (Lipinski definition) is 2. The van der Waals surface area contributed by atoms with Gasteiger partial charge in [0.1, 0.15) is 11.5 Å². The third kappa shape index (κ3) is 5.22. The van der Waals surface area contributed by atoms with Crippen LogP contribution in [0, 0.1) is 6.92 Å². The number of benzene rings is 2. The summed E-state index contributed by atoms with van der Waals surface area (Å²) in [6.07, 6.45) is 1.35. The summed E-state index contributed by atoms with van der Waals surface area (Å²) >= 11 is 0. The van der Waals surface area contributed by atoms with E-state index in [4.69, 9.17) is 4.74 Å². The first-order valence-corrected chi connectivity index (χ1v) is 7.46. The van der Waals surface area contributed by atoms with Crippen molar-refractivity contribution in [1.29, 1.82) is 0 Å². The first-order chi connectivity index (χ1) is 10.7. The predicted molar refractivity (Wildman–Crippen MR) is 89.5 cm³/mol. The molecule has 4 heteroatoms. The Balaban J connectivity index is 1.88. The fourth-order valence-corrected chi connectivity index (χ4v) is 2.07. The van der Waals surface area contributed by atoms with Crippen LogP contribution in [0.4, 0.5) is 5.69 Å². The number of nitrogens with one attached hydrogen (secondary N) is 2. The van der Waals surface area contributed by atoms with Crippen molar-refractivity contribution < 1.29 is 9.53 Å². The molecule has 2 aromatic rings. The van der Waals surface area contributed by atoms with E-state index in [-0.39, 0.29) is 5.91 Å². The minimum absolute atomic E-state index is 0.0302. The molecule has 0 aliphatic rings. The van der Waals surface area contributed by atoms with Gasteiger partial charge in [-0.25, -0.2) is 0 Å². The number of ether oxygens (including phenoxy) is 1. The molecule has 116 valence electrons. The van der Waals surface area contributed by atoms with Crippen LogP contribution in [0.3, 0.4) is 0 Å². The van der Waals surface area contributed by atoms with E-state index in [9.17, 15) is 4.79 Å². The van der Waals surface area contributed by atoms with Gasteiger partial charge >= 0.3 is 0 Å². The van der Waals surface area contributed by atoms with Crippen molar-refractivity contribution in [3.8, 4) is 11.5 Å². The molecular weight excluding hydrogens is 276 g/mol. The molecule has 0 fully saturated rings. The minimum Gasteiger partial charge on any atom is -0.457 e. The molecule has 0 heterocycles. The van der Waals surface area contributed by atoms with Gasteiger partial charge in [0.2, 0.25) is 5.91 Å². The summed E-state index contributed by atoms with van der Waals surface area (Å²) in [7, 11) is 1.88. The van der Waals surface area contributed by atoms with Gasteiger partial charge in [-0.05, 0) is 68.9 Å². The van der Waals surface area contributed by atoms with E-state index >= 15 is 0 Å². The first kappa shape index (κ1) is 16.0. The van der Waals surface area contributed by atoms with Gasteiger partial charge in [0, 0.05) is 12.1 Å². The molecule has 0 atom stereocenters. The molecular formula is C18H22N2O2. The SMILES string of the molecule is CNCCCC(=O)Nc1ccc(Oc2cccc(C)c2)cc1. The van der Waals surface area contributed by atoms with Crippen molar-refractivity contribution >= 4 is 11.6 Å². The average Bonchev–Trinajstić information content (AvgIpc) is 2.50. The highest BCUT2D eigenvalue weighted by molar-refractivity contribution is 5.90. The van der Waals surface area contributed by atoms with Crippen molar-refractivity contribution in [3.63, 3.8) is 0 Å². The fourth-order valence-electron chi connectivity index (χ4n) is 2.07. The lowest BCUT2D eigenvalue weighted by atomic mass is 10.2. The first-order valence-electron chi connectivity index (χ1n) is 7.46. The normalized spacial score (nSPS) is 10.3. The van der Waals surface area contributed by atoms with Crippen LogP contribution in [-0.2, 0) is 4.79 Å². The van der Waals surface area contributed by atoms with Crippen LogP contribution in [0.2, 0.25) is 0 Å². The lowest BCUT2D eigenvalue weighted by molar-refractivity contribution is -0.116. The largest absolute Gasteiger partial charge is 0.457 e.